The second-order valence-electron chi connectivity index (χ2n) is 7.22. The second-order valence-corrected chi connectivity index (χ2v) is 7.22. The van der Waals surface area contributed by atoms with Crippen molar-refractivity contribution in [2.75, 3.05) is 38.7 Å². The predicted octanol–water partition coefficient (Wildman–Crippen LogP) is 2.70. The van der Waals surface area contributed by atoms with Gasteiger partial charge in [0.25, 0.3) is 0 Å². The summed E-state index contributed by atoms with van der Waals surface area (Å²) in [6.45, 7) is 4.11. The Labute approximate surface area is 173 Å². The largest absolute Gasteiger partial charge is 0.466 e. The maximum absolute atomic E-state index is 13.7. The standard InChI is InChI=1S/C21H26FN3O5/c1-3-30-20(27)13-6-9-25(10-7-13)11-8-17(26)24-18-15-12-14(22)4-5-16(15)23-19(18)21(28)29-2/h4-5,12-13,23H,3,6-11H2,1-2H3,(H,24,26). The van der Waals surface area contributed by atoms with Gasteiger partial charge in [-0.3, -0.25) is 9.59 Å². The van der Waals surface area contributed by atoms with E-state index < -0.39 is 11.8 Å². The van der Waals surface area contributed by atoms with E-state index in [0.717, 1.165) is 0 Å². The highest BCUT2D eigenvalue weighted by atomic mass is 19.1. The molecule has 2 aromatic rings. The van der Waals surface area contributed by atoms with Gasteiger partial charge in [-0.1, -0.05) is 0 Å². The fourth-order valence-electron chi connectivity index (χ4n) is 3.66. The van der Waals surface area contributed by atoms with Gasteiger partial charge in [-0.25, -0.2) is 9.18 Å². The van der Waals surface area contributed by atoms with Crippen LogP contribution in [-0.2, 0) is 19.1 Å². The topological polar surface area (TPSA) is 101 Å². The minimum atomic E-state index is -0.650. The molecule has 9 heteroatoms. The number of nitrogens with zero attached hydrogens (tertiary/aromatic N) is 1. The van der Waals surface area contributed by atoms with Crippen molar-refractivity contribution in [2.45, 2.75) is 26.2 Å². The molecule has 2 heterocycles. The molecule has 3 rings (SSSR count). The van der Waals surface area contributed by atoms with Crippen LogP contribution in [0.15, 0.2) is 18.2 Å². The number of esters is 2. The number of ether oxygens (including phenoxy) is 2. The number of aromatic nitrogens is 1. The summed E-state index contributed by atoms with van der Waals surface area (Å²) in [6, 6.07) is 4.03. The molecular formula is C21H26FN3O5. The molecule has 0 unspecified atom stereocenters. The molecule has 0 radical (unpaired) electrons. The summed E-state index contributed by atoms with van der Waals surface area (Å²) in [5.41, 5.74) is 0.803. The minimum absolute atomic E-state index is 0.0710. The molecule has 0 aliphatic carbocycles. The highest BCUT2D eigenvalue weighted by molar-refractivity contribution is 6.10. The Hall–Kier alpha value is -2.94. The molecule has 1 fully saturated rings. The van der Waals surface area contributed by atoms with Gasteiger partial charge in [0.15, 0.2) is 0 Å². The normalized spacial score (nSPS) is 15.2. The first kappa shape index (κ1) is 21.8. The van der Waals surface area contributed by atoms with Gasteiger partial charge in [0.2, 0.25) is 5.91 Å². The van der Waals surface area contributed by atoms with Crippen molar-refractivity contribution in [1.82, 2.24) is 9.88 Å². The number of nitrogens with one attached hydrogen (secondary N) is 2. The van der Waals surface area contributed by atoms with Crippen molar-refractivity contribution in [2.24, 2.45) is 5.92 Å². The number of fused-ring (bicyclic) bond motifs is 1. The third kappa shape index (κ3) is 4.96. The Kier molecular flexibility index (Phi) is 7.04. The number of hydrogen-bond donors (Lipinski definition) is 2. The predicted molar refractivity (Wildman–Crippen MR) is 109 cm³/mol. The Morgan fingerprint density at radius 2 is 2.00 bits per heavy atom. The number of rotatable bonds is 7. The number of carbonyl (C=O) groups excluding carboxylic acids is 3. The van der Waals surface area contributed by atoms with Crippen molar-refractivity contribution < 1.29 is 28.2 Å². The summed E-state index contributed by atoms with van der Waals surface area (Å²) >= 11 is 0. The quantitative estimate of drug-likeness (QED) is 0.670. The molecule has 162 valence electrons. The van der Waals surface area contributed by atoms with Crippen LogP contribution in [-0.4, -0.2) is 61.1 Å². The first-order chi connectivity index (χ1) is 14.4. The second kappa shape index (κ2) is 9.71. The molecule has 0 spiro atoms. The molecule has 0 bridgehead atoms. The number of H-pyrrole nitrogens is 1. The molecule has 1 saturated heterocycles. The lowest BCUT2D eigenvalue weighted by atomic mass is 9.97. The van der Waals surface area contributed by atoms with Crippen molar-refractivity contribution in [3.63, 3.8) is 0 Å². The number of carbonyl (C=O) groups is 3. The van der Waals surface area contributed by atoms with Crippen LogP contribution in [0.3, 0.4) is 0 Å². The number of likely N-dealkylation sites (tertiary alicyclic amines) is 1. The molecule has 1 aliphatic rings. The lowest BCUT2D eigenvalue weighted by Crippen LogP contribution is -2.38. The number of amides is 1. The monoisotopic (exact) mass is 419 g/mol. The average Bonchev–Trinajstić information content (AvgIpc) is 3.09. The summed E-state index contributed by atoms with van der Waals surface area (Å²) in [7, 11) is 1.24. The number of piperidine rings is 1. The molecule has 1 amide bonds. The van der Waals surface area contributed by atoms with Crippen LogP contribution in [0.2, 0.25) is 0 Å². The Morgan fingerprint density at radius 1 is 1.27 bits per heavy atom. The smallest absolute Gasteiger partial charge is 0.356 e. The fraction of sp³-hybridized carbons (Fsp3) is 0.476. The van der Waals surface area contributed by atoms with Crippen LogP contribution in [0.4, 0.5) is 10.1 Å². The first-order valence-electron chi connectivity index (χ1n) is 10.0. The number of anilines is 1. The van der Waals surface area contributed by atoms with Crippen LogP contribution >= 0.6 is 0 Å². The molecule has 0 saturated carbocycles. The van der Waals surface area contributed by atoms with E-state index in [1.807, 2.05) is 0 Å². The highest BCUT2D eigenvalue weighted by Crippen LogP contribution is 2.29. The van der Waals surface area contributed by atoms with E-state index in [4.69, 9.17) is 9.47 Å². The molecule has 1 aromatic heterocycles. The third-order valence-electron chi connectivity index (χ3n) is 5.28. The number of hydrogen-bond acceptors (Lipinski definition) is 6. The lowest BCUT2D eigenvalue weighted by Gasteiger charge is -2.30. The lowest BCUT2D eigenvalue weighted by molar-refractivity contribution is -0.149. The summed E-state index contributed by atoms with van der Waals surface area (Å²) in [5.74, 6) is -1.66. The van der Waals surface area contributed by atoms with Gasteiger partial charge in [0.1, 0.15) is 11.5 Å². The van der Waals surface area contributed by atoms with Gasteiger partial charge in [-0.05, 0) is 51.1 Å². The van der Waals surface area contributed by atoms with Crippen LogP contribution in [0.25, 0.3) is 10.9 Å². The van der Waals surface area contributed by atoms with Crippen molar-refractivity contribution >= 4 is 34.4 Å². The highest BCUT2D eigenvalue weighted by Gasteiger charge is 2.26. The molecular weight excluding hydrogens is 393 g/mol. The van der Waals surface area contributed by atoms with E-state index >= 15 is 0 Å². The van der Waals surface area contributed by atoms with E-state index in [-0.39, 0.29) is 35.6 Å². The summed E-state index contributed by atoms with van der Waals surface area (Å²) in [4.78, 5) is 41.4. The maximum atomic E-state index is 13.7. The third-order valence-corrected chi connectivity index (χ3v) is 5.28. The van der Waals surface area contributed by atoms with Crippen LogP contribution in [0.5, 0.6) is 0 Å². The zero-order valence-corrected chi connectivity index (χ0v) is 17.1. The fourth-order valence-corrected chi connectivity index (χ4v) is 3.66. The molecule has 30 heavy (non-hydrogen) atoms. The Bertz CT molecular complexity index is 934. The van der Waals surface area contributed by atoms with Crippen LogP contribution in [0.1, 0.15) is 36.7 Å². The van der Waals surface area contributed by atoms with Gasteiger partial charge in [0.05, 0.1) is 25.3 Å². The van der Waals surface area contributed by atoms with Crippen molar-refractivity contribution in [3.8, 4) is 0 Å². The van der Waals surface area contributed by atoms with E-state index in [2.05, 4.69) is 15.2 Å². The summed E-state index contributed by atoms with van der Waals surface area (Å²) < 4.78 is 23.5. The molecule has 1 aliphatic heterocycles. The zero-order valence-electron chi connectivity index (χ0n) is 17.1. The SMILES string of the molecule is CCOC(=O)C1CCN(CCC(=O)Nc2c(C(=O)OC)[nH]c3ccc(F)cc23)CC1. The van der Waals surface area contributed by atoms with Crippen LogP contribution < -0.4 is 5.32 Å². The van der Waals surface area contributed by atoms with E-state index in [9.17, 15) is 18.8 Å². The van der Waals surface area contributed by atoms with E-state index in [1.165, 1.54) is 25.3 Å². The number of halogens is 1. The van der Waals surface area contributed by atoms with Gasteiger partial charge < -0.3 is 24.7 Å². The Balaban J connectivity index is 1.60. The first-order valence-corrected chi connectivity index (χ1v) is 10.0. The molecule has 0 atom stereocenters. The summed E-state index contributed by atoms with van der Waals surface area (Å²) in [5, 5.41) is 3.12. The van der Waals surface area contributed by atoms with E-state index in [1.54, 1.807) is 6.92 Å². The molecule has 2 N–H and O–H groups in total. The maximum Gasteiger partial charge on any atom is 0.356 e. The van der Waals surface area contributed by atoms with E-state index in [0.29, 0.717) is 50.0 Å². The molecule has 8 nitrogen and oxygen atoms in total. The van der Waals surface area contributed by atoms with Gasteiger partial charge in [0, 0.05) is 23.9 Å². The van der Waals surface area contributed by atoms with Crippen molar-refractivity contribution in [3.05, 3.63) is 29.7 Å². The van der Waals surface area contributed by atoms with Gasteiger partial charge in [-0.2, -0.15) is 0 Å². The molecule has 1 aromatic carbocycles. The minimum Gasteiger partial charge on any atom is -0.466 e. The van der Waals surface area contributed by atoms with Gasteiger partial charge >= 0.3 is 11.9 Å². The average molecular weight is 419 g/mol. The summed E-state index contributed by atoms with van der Waals surface area (Å²) in [6.07, 6.45) is 1.61. The van der Waals surface area contributed by atoms with Crippen molar-refractivity contribution in [1.29, 1.82) is 0 Å². The number of methoxy groups -OCH3 is 1. The Morgan fingerprint density at radius 3 is 2.67 bits per heavy atom. The number of aromatic amines is 1. The zero-order chi connectivity index (χ0) is 21.7. The number of benzene rings is 1. The van der Waals surface area contributed by atoms with Gasteiger partial charge in [-0.15, -0.1) is 0 Å². The van der Waals surface area contributed by atoms with Crippen LogP contribution in [0, 0.1) is 11.7 Å².